The van der Waals surface area contributed by atoms with Crippen molar-refractivity contribution in [2.24, 2.45) is 5.92 Å². The largest absolute Gasteiger partial charge is 0.382 e. The van der Waals surface area contributed by atoms with Crippen molar-refractivity contribution >= 4 is 11.8 Å². The number of carbonyl (C=O) groups excluding carboxylic acids is 2. The van der Waals surface area contributed by atoms with Crippen molar-refractivity contribution in [3.63, 3.8) is 0 Å². The molecule has 2 atom stereocenters. The molecule has 21 heavy (non-hydrogen) atoms. The first-order valence-corrected chi connectivity index (χ1v) is 7.86. The van der Waals surface area contributed by atoms with Crippen LogP contribution in [0.4, 0.5) is 0 Å². The smallest absolute Gasteiger partial charge is 0.246 e. The number of hydrogen-bond acceptors (Lipinski definition) is 4. The summed E-state index contributed by atoms with van der Waals surface area (Å²) in [7, 11) is 1.62. The number of ether oxygens (including phenoxy) is 2. The molecule has 2 fully saturated rings. The third-order valence-corrected chi connectivity index (χ3v) is 4.09. The Morgan fingerprint density at radius 3 is 2.62 bits per heavy atom. The topological polar surface area (TPSA) is 67.9 Å². The average Bonchev–Trinajstić information content (AvgIpc) is 3.29. The van der Waals surface area contributed by atoms with Gasteiger partial charge in [0.1, 0.15) is 12.1 Å². The van der Waals surface area contributed by atoms with E-state index in [1.165, 1.54) is 0 Å². The van der Waals surface area contributed by atoms with Crippen LogP contribution in [0, 0.1) is 5.92 Å². The maximum atomic E-state index is 12.6. The van der Waals surface area contributed by atoms with Gasteiger partial charge < -0.3 is 19.7 Å². The standard InChI is InChI=1S/C15H26N2O4/c1-3-4-12-14(18)16-13(11-5-6-11)15(19)17(12)7-8-21-10-9-20-2/h11-13H,3-10H2,1-2H3,(H,16,18). The Labute approximate surface area is 126 Å². The Balaban J connectivity index is 1.92. The van der Waals surface area contributed by atoms with E-state index in [0.717, 1.165) is 19.3 Å². The molecule has 1 heterocycles. The van der Waals surface area contributed by atoms with Crippen LogP contribution < -0.4 is 5.32 Å². The molecule has 0 spiro atoms. The quantitative estimate of drug-likeness (QED) is 0.631. The lowest BCUT2D eigenvalue weighted by molar-refractivity contribution is -0.151. The van der Waals surface area contributed by atoms with Crippen LogP contribution in [0.1, 0.15) is 32.6 Å². The van der Waals surface area contributed by atoms with Crippen molar-refractivity contribution in [1.82, 2.24) is 10.2 Å². The zero-order valence-electron chi connectivity index (χ0n) is 13.0. The lowest BCUT2D eigenvalue weighted by Crippen LogP contribution is -2.64. The van der Waals surface area contributed by atoms with Crippen LogP contribution in [-0.2, 0) is 19.1 Å². The number of methoxy groups -OCH3 is 1. The van der Waals surface area contributed by atoms with Crippen molar-refractivity contribution in [2.75, 3.05) is 33.5 Å². The fraction of sp³-hybridized carbons (Fsp3) is 0.867. The predicted octanol–water partition coefficient (Wildman–Crippen LogP) is 0.555. The minimum Gasteiger partial charge on any atom is -0.382 e. The van der Waals surface area contributed by atoms with Gasteiger partial charge in [-0.2, -0.15) is 0 Å². The number of amides is 2. The molecule has 6 heteroatoms. The first-order chi connectivity index (χ1) is 10.2. The van der Waals surface area contributed by atoms with Crippen molar-refractivity contribution in [2.45, 2.75) is 44.7 Å². The van der Waals surface area contributed by atoms with Gasteiger partial charge in [-0.05, 0) is 25.2 Å². The number of carbonyl (C=O) groups is 2. The van der Waals surface area contributed by atoms with Crippen molar-refractivity contribution in [1.29, 1.82) is 0 Å². The molecule has 1 saturated carbocycles. The molecule has 1 aliphatic heterocycles. The summed E-state index contributed by atoms with van der Waals surface area (Å²) in [6.45, 7) is 3.99. The zero-order chi connectivity index (χ0) is 15.2. The molecule has 2 unspecified atom stereocenters. The van der Waals surface area contributed by atoms with Crippen molar-refractivity contribution < 1.29 is 19.1 Å². The molecule has 2 aliphatic rings. The Hall–Kier alpha value is -1.14. The third-order valence-electron chi connectivity index (χ3n) is 4.09. The SMILES string of the molecule is CCCC1C(=O)NC(C2CC2)C(=O)N1CCOCCOC. The highest BCUT2D eigenvalue weighted by molar-refractivity contribution is 5.97. The fourth-order valence-electron chi connectivity index (χ4n) is 2.77. The molecule has 0 radical (unpaired) electrons. The Morgan fingerprint density at radius 1 is 1.24 bits per heavy atom. The molecule has 0 aromatic carbocycles. The molecule has 1 N–H and O–H groups in total. The molecule has 2 amide bonds. The number of nitrogens with one attached hydrogen (secondary N) is 1. The van der Waals surface area contributed by atoms with Gasteiger partial charge in [0.15, 0.2) is 0 Å². The number of nitrogens with zero attached hydrogens (tertiary/aromatic N) is 1. The first-order valence-electron chi connectivity index (χ1n) is 7.86. The van der Waals surface area contributed by atoms with Crippen LogP contribution in [0.3, 0.4) is 0 Å². The van der Waals surface area contributed by atoms with E-state index in [2.05, 4.69) is 5.32 Å². The van der Waals surface area contributed by atoms with E-state index >= 15 is 0 Å². The molecule has 0 bridgehead atoms. The minimum atomic E-state index is -0.344. The number of hydrogen-bond donors (Lipinski definition) is 1. The van der Waals surface area contributed by atoms with Crippen LogP contribution in [-0.4, -0.2) is 62.3 Å². The highest BCUT2D eigenvalue weighted by atomic mass is 16.5. The van der Waals surface area contributed by atoms with Crippen LogP contribution in [0.25, 0.3) is 0 Å². The van der Waals surface area contributed by atoms with Gasteiger partial charge >= 0.3 is 0 Å². The lowest BCUT2D eigenvalue weighted by Gasteiger charge is -2.39. The first kappa shape index (κ1) is 16.2. The maximum absolute atomic E-state index is 12.6. The molecule has 120 valence electrons. The van der Waals surface area contributed by atoms with E-state index in [4.69, 9.17) is 9.47 Å². The molecule has 1 aliphatic carbocycles. The van der Waals surface area contributed by atoms with Crippen LogP contribution in [0.2, 0.25) is 0 Å². The summed E-state index contributed by atoms with van der Waals surface area (Å²) in [4.78, 5) is 26.6. The molecular weight excluding hydrogens is 272 g/mol. The molecule has 2 rings (SSSR count). The van der Waals surface area contributed by atoms with Crippen LogP contribution >= 0.6 is 0 Å². The summed E-state index contributed by atoms with van der Waals surface area (Å²) in [6, 6.07) is -0.659. The Kier molecular flexibility index (Phi) is 5.99. The minimum absolute atomic E-state index is 0.00904. The maximum Gasteiger partial charge on any atom is 0.246 e. The average molecular weight is 298 g/mol. The molecule has 6 nitrogen and oxygen atoms in total. The van der Waals surface area contributed by atoms with E-state index in [-0.39, 0.29) is 23.9 Å². The summed E-state index contributed by atoms with van der Waals surface area (Å²) < 4.78 is 10.4. The zero-order valence-corrected chi connectivity index (χ0v) is 13.0. The monoisotopic (exact) mass is 298 g/mol. The molecular formula is C15H26N2O4. The summed E-state index contributed by atoms with van der Waals surface area (Å²) in [6.07, 6.45) is 3.65. The van der Waals surface area contributed by atoms with Crippen molar-refractivity contribution in [3.8, 4) is 0 Å². The van der Waals surface area contributed by atoms with Gasteiger partial charge in [0.2, 0.25) is 11.8 Å². The van der Waals surface area contributed by atoms with E-state index in [1.54, 1.807) is 12.0 Å². The Morgan fingerprint density at radius 2 is 2.00 bits per heavy atom. The van der Waals surface area contributed by atoms with E-state index < -0.39 is 0 Å². The van der Waals surface area contributed by atoms with Gasteiger partial charge in [-0.15, -0.1) is 0 Å². The second-order valence-electron chi connectivity index (χ2n) is 5.76. The fourth-order valence-corrected chi connectivity index (χ4v) is 2.77. The van der Waals surface area contributed by atoms with Gasteiger partial charge in [-0.3, -0.25) is 9.59 Å². The third kappa shape index (κ3) is 4.17. The predicted molar refractivity (Wildman–Crippen MR) is 77.8 cm³/mol. The van der Waals surface area contributed by atoms with Gasteiger partial charge in [0.05, 0.1) is 19.8 Å². The summed E-state index contributed by atoms with van der Waals surface area (Å²) >= 11 is 0. The summed E-state index contributed by atoms with van der Waals surface area (Å²) in [5.41, 5.74) is 0. The van der Waals surface area contributed by atoms with Gasteiger partial charge in [0, 0.05) is 13.7 Å². The van der Waals surface area contributed by atoms with E-state index in [9.17, 15) is 9.59 Å². The van der Waals surface area contributed by atoms with Crippen LogP contribution in [0.15, 0.2) is 0 Å². The second kappa shape index (κ2) is 7.75. The van der Waals surface area contributed by atoms with Crippen LogP contribution in [0.5, 0.6) is 0 Å². The summed E-state index contributed by atoms with van der Waals surface area (Å²) in [5, 5.41) is 2.91. The van der Waals surface area contributed by atoms with Crippen molar-refractivity contribution in [3.05, 3.63) is 0 Å². The van der Waals surface area contributed by atoms with Gasteiger partial charge in [0.25, 0.3) is 0 Å². The van der Waals surface area contributed by atoms with E-state index in [0.29, 0.717) is 38.7 Å². The lowest BCUT2D eigenvalue weighted by atomic mass is 10.0. The molecule has 1 saturated heterocycles. The van der Waals surface area contributed by atoms with E-state index in [1.807, 2.05) is 6.92 Å². The summed E-state index contributed by atoms with van der Waals surface area (Å²) in [5.74, 6) is 0.386. The number of piperazine rings is 1. The Bertz CT molecular complexity index is 371. The highest BCUT2D eigenvalue weighted by Crippen LogP contribution is 2.35. The van der Waals surface area contributed by atoms with Gasteiger partial charge in [-0.25, -0.2) is 0 Å². The highest BCUT2D eigenvalue weighted by Gasteiger charge is 2.46. The second-order valence-corrected chi connectivity index (χ2v) is 5.76. The number of rotatable bonds is 9. The normalized spacial score (nSPS) is 26.1. The molecule has 0 aromatic heterocycles. The van der Waals surface area contributed by atoms with Gasteiger partial charge in [-0.1, -0.05) is 13.3 Å². The molecule has 0 aromatic rings.